The second-order valence-electron chi connectivity index (χ2n) is 11.9. The van der Waals surface area contributed by atoms with Crippen molar-refractivity contribution in [3.63, 3.8) is 0 Å². The van der Waals surface area contributed by atoms with Gasteiger partial charge in [-0.2, -0.15) is 0 Å². The SMILES string of the molecule is CC(C)[C@@H]1CC(=O)N(C(=O)OC(C)(C)C)[C@H]1CO[Si](c1ccccc1)(c1ccccc1)C(C)(C)C. The first-order chi connectivity index (χ1) is 16.3. The molecule has 2 amide bonds. The first-order valence-electron chi connectivity index (χ1n) is 12.6. The predicted molar refractivity (Wildman–Crippen MR) is 143 cm³/mol. The normalized spacial score (nSPS) is 19.3. The number of likely N-dealkylation sites (tertiary alicyclic amines) is 1. The van der Waals surface area contributed by atoms with Crippen LogP contribution in [-0.4, -0.2) is 43.5 Å². The zero-order valence-corrected chi connectivity index (χ0v) is 23.5. The number of nitrogens with zero attached hydrogens (tertiary/aromatic N) is 1. The van der Waals surface area contributed by atoms with Crippen molar-refractivity contribution in [1.29, 1.82) is 0 Å². The van der Waals surface area contributed by atoms with Crippen LogP contribution in [0.15, 0.2) is 60.7 Å². The fourth-order valence-electron chi connectivity index (χ4n) is 5.21. The minimum atomic E-state index is -2.80. The molecule has 0 unspecified atom stereocenters. The number of imide groups is 1. The summed E-state index contributed by atoms with van der Waals surface area (Å²) in [7, 11) is -2.80. The van der Waals surface area contributed by atoms with Crippen LogP contribution in [0.4, 0.5) is 4.79 Å². The van der Waals surface area contributed by atoms with Gasteiger partial charge in [0.15, 0.2) is 0 Å². The molecule has 190 valence electrons. The highest BCUT2D eigenvalue weighted by molar-refractivity contribution is 6.99. The molecule has 3 rings (SSSR count). The first-order valence-corrected chi connectivity index (χ1v) is 14.5. The van der Waals surface area contributed by atoms with Gasteiger partial charge in [0.2, 0.25) is 5.91 Å². The molecule has 0 saturated carbocycles. The highest BCUT2D eigenvalue weighted by atomic mass is 28.4. The number of carbonyl (C=O) groups is 2. The molecule has 6 heteroatoms. The Morgan fingerprint density at radius 2 is 1.43 bits per heavy atom. The van der Waals surface area contributed by atoms with E-state index < -0.39 is 20.0 Å². The summed E-state index contributed by atoms with van der Waals surface area (Å²) in [6.45, 7) is 16.6. The van der Waals surface area contributed by atoms with Crippen molar-refractivity contribution in [2.75, 3.05) is 6.61 Å². The number of amides is 2. The molecule has 1 aliphatic heterocycles. The summed E-state index contributed by atoms with van der Waals surface area (Å²) in [4.78, 5) is 27.5. The molecule has 0 aromatic heterocycles. The molecule has 2 atom stereocenters. The standard InChI is InChI=1S/C29H41NO4Si/c1-21(2)24-19-26(31)30(27(32)34-28(3,4)5)25(24)20-33-35(29(6,7)8,22-15-11-9-12-16-22)23-17-13-10-14-18-23/h9-18,21,24-25H,19-20H2,1-8H3/t24-,25-/m0/s1. The van der Waals surface area contributed by atoms with E-state index in [1.807, 2.05) is 32.9 Å². The molecule has 1 fully saturated rings. The van der Waals surface area contributed by atoms with Gasteiger partial charge in [0.1, 0.15) is 5.60 Å². The number of benzene rings is 2. The maximum Gasteiger partial charge on any atom is 0.417 e. The van der Waals surface area contributed by atoms with Gasteiger partial charge in [-0.15, -0.1) is 0 Å². The second kappa shape index (κ2) is 10.3. The highest BCUT2D eigenvalue weighted by Crippen LogP contribution is 2.39. The molecule has 2 aromatic rings. The summed E-state index contributed by atoms with van der Waals surface area (Å²) in [5, 5.41) is 2.16. The van der Waals surface area contributed by atoms with E-state index in [9.17, 15) is 9.59 Å². The summed E-state index contributed by atoms with van der Waals surface area (Å²) in [6.07, 6.45) is -0.257. The lowest BCUT2D eigenvalue weighted by molar-refractivity contribution is -0.128. The summed E-state index contributed by atoms with van der Waals surface area (Å²) < 4.78 is 12.8. The van der Waals surface area contributed by atoms with Gasteiger partial charge >= 0.3 is 6.09 Å². The average Bonchev–Trinajstić information content (AvgIpc) is 3.10. The topological polar surface area (TPSA) is 55.8 Å². The molecule has 1 aliphatic rings. The minimum Gasteiger partial charge on any atom is -0.443 e. The maximum absolute atomic E-state index is 13.1. The molecule has 0 bridgehead atoms. The third-order valence-electron chi connectivity index (χ3n) is 6.84. The molecule has 0 radical (unpaired) electrons. The van der Waals surface area contributed by atoms with E-state index in [-0.39, 0.29) is 35.4 Å². The van der Waals surface area contributed by atoms with Crippen LogP contribution in [0.1, 0.15) is 61.8 Å². The second-order valence-corrected chi connectivity index (χ2v) is 16.2. The smallest absolute Gasteiger partial charge is 0.417 e. The van der Waals surface area contributed by atoms with E-state index in [1.54, 1.807) is 0 Å². The Balaban J connectivity index is 2.07. The summed E-state index contributed by atoms with van der Waals surface area (Å²) in [6, 6.07) is 20.5. The highest BCUT2D eigenvalue weighted by Gasteiger charge is 2.53. The van der Waals surface area contributed by atoms with Crippen LogP contribution in [0.25, 0.3) is 0 Å². The quantitative estimate of drug-likeness (QED) is 0.506. The van der Waals surface area contributed by atoms with E-state index in [0.717, 1.165) is 0 Å². The third kappa shape index (κ3) is 5.70. The predicted octanol–water partition coefficient (Wildman–Crippen LogP) is 5.37. The molecule has 0 spiro atoms. The van der Waals surface area contributed by atoms with Gasteiger partial charge < -0.3 is 9.16 Å². The Kier molecular flexibility index (Phi) is 7.97. The summed E-state index contributed by atoms with van der Waals surface area (Å²) in [5.74, 6) is 0.0429. The van der Waals surface area contributed by atoms with Gasteiger partial charge in [-0.3, -0.25) is 4.79 Å². The maximum atomic E-state index is 13.1. The van der Waals surface area contributed by atoms with Crippen LogP contribution in [-0.2, 0) is 14.0 Å². The molecule has 1 saturated heterocycles. The van der Waals surface area contributed by atoms with Crippen molar-refractivity contribution < 1.29 is 18.8 Å². The Hall–Kier alpha value is -2.44. The van der Waals surface area contributed by atoms with Crippen molar-refractivity contribution in [2.45, 2.75) is 78.5 Å². The fourth-order valence-corrected chi connectivity index (χ4v) is 9.79. The number of carbonyl (C=O) groups excluding carboxylic acids is 2. The Morgan fingerprint density at radius 1 is 0.943 bits per heavy atom. The number of ether oxygens (including phenoxy) is 1. The molecule has 0 N–H and O–H groups in total. The van der Waals surface area contributed by atoms with Crippen molar-refractivity contribution in [2.24, 2.45) is 11.8 Å². The van der Waals surface area contributed by atoms with Crippen LogP contribution in [0.3, 0.4) is 0 Å². The van der Waals surface area contributed by atoms with Crippen molar-refractivity contribution >= 4 is 30.7 Å². The Morgan fingerprint density at radius 3 is 1.83 bits per heavy atom. The molecule has 0 aliphatic carbocycles. The lowest BCUT2D eigenvalue weighted by Gasteiger charge is -2.44. The van der Waals surface area contributed by atoms with Crippen LogP contribution in [0, 0.1) is 11.8 Å². The van der Waals surface area contributed by atoms with Crippen LogP contribution in [0.2, 0.25) is 5.04 Å². The number of hydrogen-bond acceptors (Lipinski definition) is 4. The van der Waals surface area contributed by atoms with Gasteiger partial charge in [0.05, 0.1) is 12.6 Å². The number of rotatable bonds is 6. The van der Waals surface area contributed by atoms with Crippen molar-refractivity contribution in [3.05, 3.63) is 60.7 Å². The van der Waals surface area contributed by atoms with Crippen LogP contribution >= 0.6 is 0 Å². The van der Waals surface area contributed by atoms with Crippen molar-refractivity contribution in [1.82, 2.24) is 4.90 Å². The van der Waals surface area contributed by atoms with Gasteiger partial charge in [-0.25, -0.2) is 9.69 Å². The van der Waals surface area contributed by atoms with Crippen molar-refractivity contribution in [3.8, 4) is 0 Å². The van der Waals surface area contributed by atoms with E-state index in [4.69, 9.17) is 9.16 Å². The van der Waals surface area contributed by atoms with E-state index in [2.05, 4.69) is 83.1 Å². The van der Waals surface area contributed by atoms with Gasteiger partial charge in [-0.1, -0.05) is 95.3 Å². The fraction of sp³-hybridized carbons (Fsp3) is 0.517. The Bertz CT molecular complexity index is 969. The van der Waals surface area contributed by atoms with Gasteiger partial charge in [-0.05, 0) is 48.0 Å². The summed E-state index contributed by atoms with van der Waals surface area (Å²) >= 11 is 0. The van der Waals surface area contributed by atoms with E-state index >= 15 is 0 Å². The minimum absolute atomic E-state index is 0.00762. The molecular formula is C29H41NO4Si. The molecular weight excluding hydrogens is 454 g/mol. The molecule has 1 heterocycles. The number of hydrogen-bond donors (Lipinski definition) is 0. The first kappa shape index (κ1) is 27.1. The average molecular weight is 496 g/mol. The zero-order chi connectivity index (χ0) is 26.0. The van der Waals surface area contributed by atoms with E-state index in [0.29, 0.717) is 6.42 Å². The van der Waals surface area contributed by atoms with Gasteiger partial charge in [0, 0.05) is 6.42 Å². The van der Waals surface area contributed by atoms with Crippen LogP contribution < -0.4 is 10.4 Å². The zero-order valence-electron chi connectivity index (χ0n) is 22.5. The van der Waals surface area contributed by atoms with Crippen LogP contribution in [0.5, 0.6) is 0 Å². The lowest BCUT2D eigenvalue weighted by atomic mass is 9.89. The lowest BCUT2D eigenvalue weighted by Crippen LogP contribution is -2.67. The largest absolute Gasteiger partial charge is 0.443 e. The molecule has 2 aromatic carbocycles. The van der Waals surface area contributed by atoms with E-state index in [1.165, 1.54) is 15.3 Å². The monoisotopic (exact) mass is 495 g/mol. The third-order valence-corrected chi connectivity index (χ3v) is 11.8. The Labute approximate surface area is 212 Å². The molecule has 5 nitrogen and oxygen atoms in total. The van der Waals surface area contributed by atoms with Gasteiger partial charge in [0.25, 0.3) is 8.32 Å². The summed E-state index contributed by atoms with van der Waals surface area (Å²) in [5.41, 5.74) is -0.684. The molecule has 35 heavy (non-hydrogen) atoms.